The average Bonchev–Trinajstić information content (AvgIpc) is 3.40. The maximum atomic E-state index is 14.6. The second-order valence-corrected chi connectivity index (χ2v) is 10.7. The van der Waals surface area contributed by atoms with Crippen molar-refractivity contribution in [3.05, 3.63) is 65.5 Å². The van der Waals surface area contributed by atoms with Crippen molar-refractivity contribution >= 4 is 11.8 Å². The Hall–Kier alpha value is -2.89. The molecule has 36 heavy (non-hydrogen) atoms. The molecule has 0 saturated heterocycles. The molecule has 2 atom stereocenters. The minimum atomic E-state index is -0.675. The topological polar surface area (TPSA) is 49.9 Å². The lowest BCUT2D eigenvalue weighted by atomic mass is 9.76. The molecule has 2 aromatic carbocycles. The second-order valence-electron chi connectivity index (χ2n) is 10.7. The van der Waals surface area contributed by atoms with E-state index in [1.54, 1.807) is 17.0 Å². The number of benzene rings is 2. The summed E-state index contributed by atoms with van der Waals surface area (Å²) < 4.78 is 20.9. The van der Waals surface area contributed by atoms with E-state index in [0.29, 0.717) is 24.4 Å². The summed E-state index contributed by atoms with van der Waals surface area (Å²) in [7, 11) is 1.83. The molecule has 0 radical (unpaired) electrons. The molecule has 0 bridgehead atoms. The van der Waals surface area contributed by atoms with Crippen LogP contribution in [0.25, 0.3) is 0 Å². The van der Waals surface area contributed by atoms with Gasteiger partial charge in [0.25, 0.3) is 5.91 Å². The van der Waals surface area contributed by atoms with E-state index >= 15 is 0 Å². The number of nitrogens with zero attached hydrogens (tertiary/aromatic N) is 2. The highest BCUT2D eigenvalue weighted by atomic mass is 19.1. The van der Waals surface area contributed by atoms with Crippen molar-refractivity contribution in [3.8, 4) is 5.75 Å². The van der Waals surface area contributed by atoms with E-state index in [1.807, 2.05) is 37.4 Å². The van der Waals surface area contributed by atoms with Gasteiger partial charge in [-0.1, -0.05) is 43.5 Å². The molecule has 5 nitrogen and oxygen atoms in total. The molecule has 1 heterocycles. The highest BCUT2D eigenvalue weighted by Crippen LogP contribution is 2.44. The van der Waals surface area contributed by atoms with Gasteiger partial charge in [-0.25, -0.2) is 4.39 Å². The molecule has 2 saturated carbocycles. The van der Waals surface area contributed by atoms with Gasteiger partial charge in [0.2, 0.25) is 5.91 Å². The molecule has 0 N–H and O–H groups in total. The van der Waals surface area contributed by atoms with Crippen LogP contribution in [0.2, 0.25) is 0 Å². The van der Waals surface area contributed by atoms with Gasteiger partial charge in [0.15, 0.2) is 0 Å². The Balaban J connectivity index is 1.53. The lowest BCUT2D eigenvalue weighted by Gasteiger charge is -2.44. The number of ether oxygens (including phenoxy) is 1. The van der Waals surface area contributed by atoms with Crippen LogP contribution in [0.4, 0.5) is 4.39 Å². The van der Waals surface area contributed by atoms with E-state index in [9.17, 15) is 14.0 Å². The van der Waals surface area contributed by atoms with E-state index in [-0.39, 0.29) is 29.8 Å². The number of carbonyl (C=O) groups excluding carboxylic acids is 2. The van der Waals surface area contributed by atoms with Gasteiger partial charge < -0.3 is 14.5 Å². The third-order valence-corrected chi connectivity index (χ3v) is 8.46. The summed E-state index contributed by atoms with van der Waals surface area (Å²) >= 11 is 0. The first kappa shape index (κ1) is 24.8. The van der Waals surface area contributed by atoms with Gasteiger partial charge in [0, 0.05) is 20.1 Å². The number of hydrogen-bond donors (Lipinski definition) is 0. The molecule has 3 aliphatic rings. The predicted octanol–water partition coefficient (Wildman–Crippen LogP) is 5.72. The molecule has 1 aliphatic heterocycles. The number of rotatable bonds is 2. The van der Waals surface area contributed by atoms with Crippen LogP contribution in [0.1, 0.15) is 80.1 Å². The Labute approximate surface area is 213 Å². The van der Waals surface area contributed by atoms with Crippen molar-refractivity contribution in [2.45, 2.75) is 81.8 Å². The van der Waals surface area contributed by atoms with Crippen LogP contribution in [0, 0.1) is 5.82 Å². The largest absolute Gasteiger partial charge is 0.487 e. The first-order valence-electron chi connectivity index (χ1n) is 13.6. The molecule has 0 spiro atoms. The summed E-state index contributed by atoms with van der Waals surface area (Å²) in [5.41, 5.74) is 0.709. The van der Waals surface area contributed by atoms with Gasteiger partial charge in [-0.2, -0.15) is 0 Å². The van der Waals surface area contributed by atoms with Crippen molar-refractivity contribution < 1.29 is 18.7 Å². The Morgan fingerprint density at radius 1 is 0.944 bits per heavy atom. The van der Waals surface area contributed by atoms with E-state index < -0.39 is 5.41 Å². The SMILES string of the molecule is CN1CCCCN(C(=O)C2(c3cccc(F)c3)CCCC2)[C@@H]2CCCC[C@@H]2Oc2ccccc2C1=O. The van der Waals surface area contributed by atoms with Crippen molar-refractivity contribution in [1.82, 2.24) is 9.80 Å². The maximum absolute atomic E-state index is 14.6. The summed E-state index contributed by atoms with van der Waals surface area (Å²) in [6, 6.07) is 14.1. The molecular formula is C30H37FN2O3. The van der Waals surface area contributed by atoms with E-state index in [2.05, 4.69) is 4.90 Å². The lowest BCUT2D eigenvalue weighted by Crippen LogP contribution is -2.56. The van der Waals surface area contributed by atoms with Crippen molar-refractivity contribution in [2.75, 3.05) is 20.1 Å². The minimum Gasteiger partial charge on any atom is -0.487 e. The van der Waals surface area contributed by atoms with Crippen LogP contribution in [0.3, 0.4) is 0 Å². The zero-order valence-electron chi connectivity index (χ0n) is 21.3. The highest BCUT2D eigenvalue weighted by Gasteiger charge is 2.48. The smallest absolute Gasteiger partial charge is 0.257 e. The Kier molecular flexibility index (Phi) is 7.31. The van der Waals surface area contributed by atoms with Crippen molar-refractivity contribution in [2.24, 2.45) is 0 Å². The summed E-state index contributed by atoms with van der Waals surface area (Å²) in [4.78, 5) is 31.5. The van der Waals surface area contributed by atoms with E-state index in [0.717, 1.165) is 69.8 Å². The summed E-state index contributed by atoms with van der Waals surface area (Å²) in [6.45, 7) is 1.25. The monoisotopic (exact) mass is 492 g/mol. The Morgan fingerprint density at radius 2 is 1.69 bits per heavy atom. The third kappa shape index (κ3) is 4.74. The molecule has 0 unspecified atom stereocenters. The lowest BCUT2D eigenvalue weighted by molar-refractivity contribution is -0.143. The zero-order valence-corrected chi connectivity index (χ0v) is 21.3. The number of para-hydroxylation sites is 1. The van der Waals surface area contributed by atoms with Crippen LogP contribution >= 0.6 is 0 Å². The van der Waals surface area contributed by atoms with Crippen LogP contribution in [0.5, 0.6) is 5.75 Å². The third-order valence-electron chi connectivity index (χ3n) is 8.46. The van der Waals surface area contributed by atoms with Gasteiger partial charge in [-0.3, -0.25) is 9.59 Å². The van der Waals surface area contributed by atoms with Gasteiger partial charge in [0.1, 0.15) is 17.7 Å². The average molecular weight is 493 g/mol. The Morgan fingerprint density at radius 3 is 2.50 bits per heavy atom. The number of amides is 2. The van der Waals surface area contributed by atoms with Gasteiger partial charge in [0.05, 0.1) is 17.0 Å². The summed E-state index contributed by atoms with van der Waals surface area (Å²) in [6.07, 6.45) is 8.72. The molecule has 192 valence electrons. The number of hydrogen-bond acceptors (Lipinski definition) is 3. The van der Waals surface area contributed by atoms with Gasteiger partial charge in [-0.05, 0) is 74.8 Å². The quantitative estimate of drug-likeness (QED) is 0.539. The Bertz CT molecular complexity index is 1100. The normalized spacial score (nSPS) is 24.7. The molecule has 5 rings (SSSR count). The number of carbonyl (C=O) groups is 2. The number of fused-ring (bicyclic) bond motifs is 2. The zero-order chi connectivity index (χ0) is 25.1. The van der Waals surface area contributed by atoms with Gasteiger partial charge >= 0.3 is 0 Å². The highest BCUT2D eigenvalue weighted by molar-refractivity contribution is 5.96. The van der Waals surface area contributed by atoms with Crippen molar-refractivity contribution in [1.29, 1.82) is 0 Å². The minimum absolute atomic E-state index is 0.0255. The standard InChI is InChI=1S/C30H37FN2O3/c1-32-19-8-9-20-33(29(35)30(17-6-7-18-30)22-11-10-12-23(31)21-22)25-14-3-5-16-27(25)36-26-15-4-2-13-24(26)28(32)34/h2,4,10-13,15,21,25,27H,3,5-9,14,16-20H2,1H3/t25-,27+/m1/s1. The van der Waals surface area contributed by atoms with Crippen LogP contribution in [-0.4, -0.2) is 53.9 Å². The van der Waals surface area contributed by atoms with Crippen LogP contribution in [-0.2, 0) is 10.2 Å². The molecule has 0 aromatic heterocycles. The molecular weight excluding hydrogens is 455 g/mol. The molecule has 6 heteroatoms. The van der Waals surface area contributed by atoms with Crippen LogP contribution in [0.15, 0.2) is 48.5 Å². The molecule has 2 amide bonds. The first-order chi connectivity index (χ1) is 17.5. The summed E-state index contributed by atoms with van der Waals surface area (Å²) in [5.74, 6) is 0.409. The fraction of sp³-hybridized carbons (Fsp3) is 0.533. The molecule has 2 aromatic rings. The predicted molar refractivity (Wildman–Crippen MR) is 138 cm³/mol. The number of halogens is 1. The first-order valence-corrected chi connectivity index (χ1v) is 13.6. The molecule has 2 aliphatic carbocycles. The van der Waals surface area contributed by atoms with E-state index in [4.69, 9.17) is 4.74 Å². The van der Waals surface area contributed by atoms with E-state index in [1.165, 1.54) is 6.07 Å². The fourth-order valence-corrected chi connectivity index (χ4v) is 6.50. The second kappa shape index (κ2) is 10.6. The van der Waals surface area contributed by atoms with Crippen LogP contribution < -0.4 is 4.74 Å². The fourth-order valence-electron chi connectivity index (χ4n) is 6.50. The summed E-state index contributed by atoms with van der Waals surface area (Å²) in [5, 5.41) is 0. The van der Waals surface area contributed by atoms with Gasteiger partial charge in [-0.15, -0.1) is 0 Å². The maximum Gasteiger partial charge on any atom is 0.257 e. The molecule has 2 fully saturated rings. The van der Waals surface area contributed by atoms with Crippen molar-refractivity contribution in [3.63, 3.8) is 0 Å².